The van der Waals surface area contributed by atoms with Gasteiger partial charge in [0.1, 0.15) is 11.6 Å². The van der Waals surface area contributed by atoms with Crippen LogP contribution in [0.25, 0.3) is 0 Å². The van der Waals surface area contributed by atoms with Gasteiger partial charge in [0.15, 0.2) is 5.96 Å². The number of guanidine groups is 1. The number of rotatable bonds is 9. The Balaban J connectivity index is 2.02. The highest BCUT2D eigenvalue weighted by Gasteiger charge is 2.23. The van der Waals surface area contributed by atoms with E-state index in [1.165, 1.54) is 18.2 Å². The van der Waals surface area contributed by atoms with Crippen molar-refractivity contribution in [3.05, 3.63) is 35.4 Å². The first-order valence-electron chi connectivity index (χ1n) is 10.3. The second-order valence-electron chi connectivity index (χ2n) is 7.59. The van der Waals surface area contributed by atoms with Gasteiger partial charge in [0.2, 0.25) is 0 Å². The number of likely N-dealkylation sites (tertiary alicyclic amines) is 1. The number of piperidine rings is 1. The number of nitrogens with zero attached hydrogens (tertiary/aromatic N) is 3. The van der Waals surface area contributed by atoms with E-state index in [0.717, 1.165) is 45.6 Å². The molecular formula is C21H35F2N5O. The smallest absolute Gasteiger partial charge is 0.191 e. The molecule has 1 saturated heterocycles. The number of halogens is 2. The third-order valence-electron chi connectivity index (χ3n) is 5.26. The van der Waals surface area contributed by atoms with Gasteiger partial charge in [-0.1, -0.05) is 6.07 Å². The lowest BCUT2D eigenvalue weighted by molar-refractivity contribution is 0.128. The number of hydrogen-bond acceptors (Lipinski definition) is 4. The van der Waals surface area contributed by atoms with E-state index in [9.17, 15) is 8.78 Å². The Morgan fingerprint density at radius 1 is 1.28 bits per heavy atom. The Kier molecular flexibility index (Phi) is 9.76. The maximum Gasteiger partial charge on any atom is 0.191 e. The van der Waals surface area contributed by atoms with Crippen LogP contribution in [-0.4, -0.2) is 82.3 Å². The van der Waals surface area contributed by atoms with E-state index < -0.39 is 17.7 Å². The van der Waals surface area contributed by atoms with Crippen molar-refractivity contribution >= 4 is 5.96 Å². The number of ether oxygens (including phenoxy) is 1. The van der Waals surface area contributed by atoms with Crippen LogP contribution in [0.15, 0.2) is 23.2 Å². The van der Waals surface area contributed by atoms with Crippen molar-refractivity contribution in [2.24, 2.45) is 4.99 Å². The average molecular weight is 412 g/mol. The SMILES string of the molecule is CCNC(=NCC(c1c(F)cccc1F)N(C)C)NC1CCN(CCOC)CC1. The summed E-state index contributed by atoms with van der Waals surface area (Å²) in [6.07, 6.45) is 2.04. The number of aliphatic imine (C=N–C) groups is 1. The Labute approximate surface area is 173 Å². The van der Waals surface area contributed by atoms with Crippen molar-refractivity contribution < 1.29 is 13.5 Å². The van der Waals surface area contributed by atoms with Crippen LogP contribution in [0.5, 0.6) is 0 Å². The van der Waals surface area contributed by atoms with Gasteiger partial charge in [-0.25, -0.2) is 8.78 Å². The van der Waals surface area contributed by atoms with Crippen LogP contribution < -0.4 is 10.6 Å². The highest BCUT2D eigenvalue weighted by Crippen LogP contribution is 2.24. The van der Waals surface area contributed by atoms with Gasteiger partial charge in [-0.15, -0.1) is 0 Å². The predicted octanol–water partition coefficient (Wildman–Crippen LogP) is 2.23. The lowest BCUT2D eigenvalue weighted by Crippen LogP contribution is -2.49. The molecule has 0 aliphatic carbocycles. The minimum atomic E-state index is -0.541. The molecule has 0 spiro atoms. The molecular weight excluding hydrogens is 376 g/mol. The zero-order valence-corrected chi connectivity index (χ0v) is 18.0. The topological polar surface area (TPSA) is 52.1 Å². The van der Waals surface area contributed by atoms with Crippen LogP contribution in [0.4, 0.5) is 8.78 Å². The van der Waals surface area contributed by atoms with Crippen LogP contribution in [0.1, 0.15) is 31.4 Å². The second-order valence-corrected chi connectivity index (χ2v) is 7.59. The molecule has 1 aromatic rings. The van der Waals surface area contributed by atoms with Gasteiger partial charge < -0.3 is 25.2 Å². The summed E-state index contributed by atoms with van der Waals surface area (Å²) >= 11 is 0. The van der Waals surface area contributed by atoms with Crippen molar-refractivity contribution in [3.63, 3.8) is 0 Å². The summed E-state index contributed by atoms with van der Waals surface area (Å²) in [4.78, 5) is 8.83. The van der Waals surface area contributed by atoms with E-state index in [1.807, 2.05) is 21.0 Å². The standard InChI is InChI=1S/C21H35F2N5O/c1-5-24-21(26-16-9-11-28(12-10-16)13-14-29-4)25-15-19(27(2)3)20-17(22)7-6-8-18(20)23/h6-8,16,19H,5,9-15H2,1-4H3,(H2,24,25,26). The van der Waals surface area contributed by atoms with Crippen LogP contribution >= 0.6 is 0 Å². The first kappa shape index (κ1) is 23.5. The molecule has 0 amide bonds. The van der Waals surface area contributed by atoms with E-state index in [0.29, 0.717) is 12.0 Å². The molecule has 164 valence electrons. The van der Waals surface area contributed by atoms with Gasteiger partial charge in [-0.2, -0.15) is 0 Å². The Morgan fingerprint density at radius 3 is 2.48 bits per heavy atom. The molecule has 1 fully saturated rings. The molecule has 1 aromatic carbocycles. The van der Waals surface area contributed by atoms with E-state index >= 15 is 0 Å². The van der Waals surface area contributed by atoms with Gasteiger partial charge >= 0.3 is 0 Å². The largest absolute Gasteiger partial charge is 0.383 e. The van der Waals surface area contributed by atoms with Gasteiger partial charge in [0.05, 0.1) is 19.2 Å². The Hall–Kier alpha value is -1.77. The summed E-state index contributed by atoms with van der Waals surface area (Å²) in [5.41, 5.74) is 0.0588. The number of hydrogen-bond donors (Lipinski definition) is 2. The lowest BCUT2D eigenvalue weighted by atomic mass is 10.0. The van der Waals surface area contributed by atoms with Gasteiger partial charge in [0.25, 0.3) is 0 Å². The molecule has 29 heavy (non-hydrogen) atoms. The maximum absolute atomic E-state index is 14.3. The fourth-order valence-corrected chi connectivity index (χ4v) is 3.55. The number of benzene rings is 1. The highest BCUT2D eigenvalue weighted by atomic mass is 19.1. The monoisotopic (exact) mass is 411 g/mol. The van der Waals surface area contributed by atoms with Crippen molar-refractivity contribution in [3.8, 4) is 0 Å². The molecule has 0 aromatic heterocycles. The Bertz CT molecular complexity index is 628. The van der Waals surface area contributed by atoms with Crippen LogP contribution in [-0.2, 0) is 4.74 Å². The summed E-state index contributed by atoms with van der Waals surface area (Å²) in [5.74, 6) is -0.396. The molecule has 1 unspecified atom stereocenters. The molecule has 2 N–H and O–H groups in total. The van der Waals surface area contributed by atoms with Gasteiger partial charge in [-0.3, -0.25) is 4.99 Å². The summed E-state index contributed by atoms with van der Waals surface area (Å²) in [6, 6.07) is 3.81. The molecule has 1 heterocycles. The zero-order valence-electron chi connectivity index (χ0n) is 18.0. The van der Waals surface area contributed by atoms with Crippen LogP contribution in [0.3, 0.4) is 0 Å². The third-order valence-corrected chi connectivity index (χ3v) is 5.26. The highest BCUT2D eigenvalue weighted by molar-refractivity contribution is 5.80. The summed E-state index contributed by atoms with van der Waals surface area (Å²) in [7, 11) is 5.34. The van der Waals surface area contributed by atoms with Crippen LogP contribution in [0.2, 0.25) is 0 Å². The fraction of sp³-hybridized carbons (Fsp3) is 0.667. The molecule has 1 aliphatic heterocycles. The molecule has 0 saturated carbocycles. The summed E-state index contributed by atoms with van der Waals surface area (Å²) < 4.78 is 33.7. The minimum absolute atomic E-state index is 0.0588. The quantitative estimate of drug-likeness (QED) is 0.482. The number of methoxy groups -OCH3 is 1. The third kappa shape index (κ3) is 7.21. The molecule has 1 atom stereocenters. The number of nitrogens with one attached hydrogen (secondary N) is 2. The molecule has 2 rings (SSSR count). The maximum atomic E-state index is 14.3. The van der Waals surface area contributed by atoms with E-state index in [2.05, 4.69) is 20.5 Å². The molecule has 0 bridgehead atoms. The second kappa shape index (κ2) is 12.0. The average Bonchev–Trinajstić information content (AvgIpc) is 2.69. The van der Waals surface area contributed by atoms with E-state index in [-0.39, 0.29) is 12.1 Å². The van der Waals surface area contributed by atoms with Crippen molar-refractivity contribution in [1.29, 1.82) is 0 Å². The molecule has 1 aliphatic rings. The zero-order chi connectivity index (χ0) is 21.2. The molecule has 6 nitrogen and oxygen atoms in total. The molecule has 8 heteroatoms. The minimum Gasteiger partial charge on any atom is -0.383 e. The first-order valence-corrected chi connectivity index (χ1v) is 10.3. The fourth-order valence-electron chi connectivity index (χ4n) is 3.55. The normalized spacial score (nSPS) is 17.6. The van der Waals surface area contributed by atoms with Gasteiger partial charge in [0, 0.05) is 44.9 Å². The van der Waals surface area contributed by atoms with Crippen molar-refractivity contribution in [2.75, 3.05) is 60.5 Å². The van der Waals surface area contributed by atoms with Crippen molar-refractivity contribution in [1.82, 2.24) is 20.4 Å². The van der Waals surface area contributed by atoms with Gasteiger partial charge in [-0.05, 0) is 46.0 Å². The predicted molar refractivity (Wildman–Crippen MR) is 113 cm³/mol. The number of likely N-dealkylation sites (N-methyl/N-ethyl adjacent to an activating group) is 1. The first-order chi connectivity index (χ1) is 14.0. The lowest BCUT2D eigenvalue weighted by Gasteiger charge is -2.33. The van der Waals surface area contributed by atoms with E-state index in [4.69, 9.17) is 4.74 Å². The summed E-state index contributed by atoms with van der Waals surface area (Å²) in [6.45, 7) is 6.72. The van der Waals surface area contributed by atoms with Crippen LogP contribution in [0, 0.1) is 11.6 Å². The summed E-state index contributed by atoms with van der Waals surface area (Å²) in [5, 5.41) is 6.73. The Morgan fingerprint density at radius 2 is 1.93 bits per heavy atom. The van der Waals surface area contributed by atoms with Crippen molar-refractivity contribution in [2.45, 2.75) is 31.8 Å². The molecule has 0 radical (unpaired) electrons. The van der Waals surface area contributed by atoms with E-state index in [1.54, 1.807) is 12.0 Å².